The number of fused-ring (bicyclic) bond motifs is 5. The van der Waals surface area contributed by atoms with Crippen LogP contribution >= 0.6 is 0 Å². The highest BCUT2D eigenvalue weighted by molar-refractivity contribution is 5.70. The molecule has 0 aromatic heterocycles. The summed E-state index contributed by atoms with van der Waals surface area (Å²) in [6.07, 6.45) is 13.3. The molecular formula is C26H39NO4. The second-order valence-corrected chi connectivity index (χ2v) is 11.7. The zero-order valence-electron chi connectivity index (χ0n) is 19.6. The molecule has 0 spiro atoms. The van der Waals surface area contributed by atoms with Gasteiger partial charge >= 0.3 is 11.9 Å². The normalized spacial score (nSPS) is 38.8. The Morgan fingerprint density at radius 1 is 1.03 bits per heavy atom. The van der Waals surface area contributed by atoms with E-state index in [0.29, 0.717) is 23.2 Å². The molecule has 5 unspecified atom stereocenters. The zero-order valence-corrected chi connectivity index (χ0v) is 19.6. The summed E-state index contributed by atoms with van der Waals surface area (Å²) in [5, 5.41) is 18.6. The molecule has 0 radical (unpaired) electrons. The van der Waals surface area contributed by atoms with E-state index in [2.05, 4.69) is 40.0 Å². The number of aliphatic carboxylic acids is 2. The van der Waals surface area contributed by atoms with Crippen molar-refractivity contribution in [1.82, 2.24) is 4.90 Å². The topological polar surface area (TPSA) is 77.8 Å². The van der Waals surface area contributed by atoms with Crippen molar-refractivity contribution in [1.29, 1.82) is 0 Å². The number of rotatable bonds is 5. The molecule has 3 aliphatic carbocycles. The summed E-state index contributed by atoms with van der Waals surface area (Å²) in [7, 11) is 0. The highest BCUT2D eigenvalue weighted by Gasteiger charge is 2.60. The van der Waals surface area contributed by atoms with E-state index in [0.717, 1.165) is 12.3 Å². The van der Waals surface area contributed by atoms with Crippen LogP contribution in [0.15, 0.2) is 23.4 Å². The molecule has 1 aliphatic heterocycles. The number of allylic oxidation sites excluding steroid dienone is 2. The fraction of sp³-hybridized carbons (Fsp3) is 0.769. The summed E-state index contributed by atoms with van der Waals surface area (Å²) in [5.41, 5.74) is 3.51. The summed E-state index contributed by atoms with van der Waals surface area (Å²) in [5.74, 6) is -0.305. The minimum Gasteiger partial charge on any atom is -0.481 e. The first-order chi connectivity index (χ1) is 14.5. The van der Waals surface area contributed by atoms with Crippen molar-refractivity contribution in [2.75, 3.05) is 6.54 Å². The number of carboxylic acids is 2. The minimum absolute atomic E-state index is 0.0574. The van der Waals surface area contributed by atoms with Crippen molar-refractivity contribution in [2.45, 2.75) is 91.5 Å². The maximum absolute atomic E-state index is 11.5. The van der Waals surface area contributed by atoms with E-state index >= 15 is 0 Å². The first-order valence-electron chi connectivity index (χ1n) is 12.1. The molecule has 5 atom stereocenters. The Labute approximate surface area is 186 Å². The molecule has 5 nitrogen and oxygen atoms in total. The van der Waals surface area contributed by atoms with Gasteiger partial charge in [-0.15, -0.1) is 0 Å². The molecule has 3 saturated carbocycles. The Hall–Kier alpha value is -1.78. The molecule has 5 heteroatoms. The van der Waals surface area contributed by atoms with Crippen LogP contribution < -0.4 is 0 Å². The third-order valence-electron chi connectivity index (χ3n) is 9.54. The molecule has 4 aliphatic rings. The molecule has 0 amide bonds. The van der Waals surface area contributed by atoms with Gasteiger partial charge in [0, 0.05) is 18.7 Å². The van der Waals surface area contributed by atoms with Gasteiger partial charge in [-0.3, -0.25) is 9.59 Å². The summed E-state index contributed by atoms with van der Waals surface area (Å²) >= 11 is 0. The van der Waals surface area contributed by atoms with E-state index in [4.69, 9.17) is 0 Å². The van der Waals surface area contributed by atoms with Crippen LogP contribution in [0.2, 0.25) is 0 Å². The average molecular weight is 430 g/mol. The second-order valence-electron chi connectivity index (χ2n) is 11.7. The zero-order chi connectivity index (χ0) is 22.6. The van der Waals surface area contributed by atoms with Gasteiger partial charge in [-0.05, 0) is 84.2 Å². The minimum atomic E-state index is -0.869. The SMILES string of the molecule is CC1(C)CCCC2(C)C1CCC1(C)C3=CC(CCC(=O)O)N(CC(=O)O)C=C3CCC12. The lowest BCUT2D eigenvalue weighted by atomic mass is 9.40. The molecule has 0 aromatic rings. The van der Waals surface area contributed by atoms with Crippen molar-refractivity contribution in [3.8, 4) is 0 Å². The molecule has 4 rings (SSSR count). The first kappa shape index (κ1) is 22.4. The highest BCUT2D eigenvalue weighted by atomic mass is 16.4. The van der Waals surface area contributed by atoms with Crippen molar-refractivity contribution in [3.05, 3.63) is 23.4 Å². The number of nitrogens with zero attached hydrogens (tertiary/aromatic N) is 1. The summed E-state index contributed by atoms with van der Waals surface area (Å²) in [6, 6.07) is -0.158. The van der Waals surface area contributed by atoms with Crippen LogP contribution in [0.4, 0.5) is 0 Å². The van der Waals surface area contributed by atoms with Crippen LogP contribution in [0.25, 0.3) is 0 Å². The van der Waals surface area contributed by atoms with Crippen LogP contribution in [0.3, 0.4) is 0 Å². The van der Waals surface area contributed by atoms with E-state index in [1.54, 1.807) is 0 Å². The van der Waals surface area contributed by atoms with Gasteiger partial charge in [0.2, 0.25) is 0 Å². The molecular weight excluding hydrogens is 390 g/mol. The monoisotopic (exact) mass is 429 g/mol. The summed E-state index contributed by atoms with van der Waals surface area (Å²) in [4.78, 5) is 24.5. The Kier molecular flexibility index (Phi) is 5.54. The lowest BCUT2D eigenvalue weighted by molar-refractivity contribution is -0.138. The smallest absolute Gasteiger partial charge is 0.323 e. The van der Waals surface area contributed by atoms with E-state index in [-0.39, 0.29) is 24.4 Å². The van der Waals surface area contributed by atoms with Crippen molar-refractivity contribution in [3.63, 3.8) is 0 Å². The number of carboxylic acid groups (broad SMARTS) is 2. The van der Waals surface area contributed by atoms with Gasteiger partial charge in [0.05, 0.1) is 0 Å². The van der Waals surface area contributed by atoms with Crippen LogP contribution in [0, 0.1) is 28.1 Å². The maximum Gasteiger partial charge on any atom is 0.323 e. The van der Waals surface area contributed by atoms with E-state index < -0.39 is 11.9 Å². The largest absolute Gasteiger partial charge is 0.481 e. The van der Waals surface area contributed by atoms with Gasteiger partial charge < -0.3 is 15.1 Å². The third-order valence-corrected chi connectivity index (χ3v) is 9.54. The maximum atomic E-state index is 11.5. The Balaban J connectivity index is 1.69. The number of hydrogen-bond acceptors (Lipinski definition) is 3. The Morgan fingerprint density at radius 3 is 2.45 bits per heavy atom. The van der Waals surface area contributed by atoms with Gasteiger partial charge in [-0.2, -0.15) is 0 Å². The van der Waals surface area contributed by atoms with Gasteiger partial charge in [-0.25, -0.2) is 0 Å². The van der Waals surface area contributed by atoms with Crippen molar-refractivity contribution < 1.29 is 19.8 Å². The molecule has 172 valence electrons. The van der Waals surface area contributed by atoms with Crippen LogP contribution in [0.5, 0.6) is 0 Å². The number of carbonyl (C=O) groups is 2. The van der Waals surface area contributed by atoms with Gasteiger partial charge in [0.15, 0.2) is 0 Å². The van der Waals surface area contributed by atoms with Crippen molar-refractivity contribution in [2.24, 2.45) is 28.1 Å². The van der Waals surface area contributed by atoms with Gasteiger partial charge in [0.1, 0.15) is 6.54 Å². The molecule has 0 bridgehead atoms. The van der Waals surface area contributed by atoms with E-state index in [1.165, 1.54) is 49.7 Å². The summed E-state index contributed by atoms with van der Waals surface area (Å²) < 4.78 is 0. The van der Waals surface area contributed by atoms with E-state index in [1.807, 2.05) is 4.90 Å². The fourth-order valence-corrected chi connectivity index (χ4v) is 8.28. The lowest BCUT2D eigenvalue weighted by Gasteiger charge is -2.65. The molecule has 31 heavy (non-hydrogen) atoms. The van der Waals surface area contributed by atoms with Gasteiger partial charge in [-0.1, -0.05) is 40.2 Å². The van der Waals surface area contributed by atoms with Crippen molar-refractivity contribution >= 4 is 11.9 Å². The average Bonchev–Trinajstić information content (AvgIpc) is 2.65. The standard InChI is InChI=1S/C26H39NO4/c1-24(2)11-5-12-26(4)20(24)10-13-25(3)19-14-18(7-9-22(28)29)27(16-23(30)31)15-17(19)6-8-21(25)26/h14-15,18,20-21H,5-13,16H2,1-4H3,(H,28,29)(H,30,31). The molecule has 1 heterocycles. The van der Waals surface area contributed by atoms with E-state index in [9.17, 15) is 19.8 Å². The first-order valence-corrected chi connectivity index (χ1v) is 12.1. The second kappa shape index (κ2) is 7.67. The molecule has 3 fully saturated rings. The predicted octanol–water partition coefficient (Wildman–Crippen LogP) is 5.47. The Bertz CT molecular complexity index is 827. The van der Waals surface area contributed by atoms with Crippen LogP contribution in [-0.2, 0) is 9.59 Å². The van der Waals surface area contributed by atoms with Gasteiger partial charge in [0.25, 0.3) is 0 Å². The summed E-state index contributed by atoms with van der Waals surface area (Å²) in [6.45, 7) is 9.86. The molecule has 2 N–H and O–H groups in total. The Morgan fingerprint density at radius 2 is 1.77 bits per heavy atom. The quantitative estimate of drug-likeness (QED) is 0.606. The number of hydrogen-bond donors (Lipinski definition) is 2. The third kappa shape index (κ3) is 3.72. The molecule has 0 aromatic carbocycles. The fourth-order valence-electron chi connectivity index (χ4n) is 8.28. The van der Waals surface area contributed by atoms with Crippen LogP contribution in [-0.4, -0.2) is 39.6 Å². The predicted molar refractivity (Wildman–Crippen MR) is 120 cm³/mol. The highest BCUT2D eigenvalue weighted by Crippen LogP contribution is 2.69. The molecule has 0 saturated heterocycles. The lowest BCUT2D eigenvalue weighted by Crippen LogP contribution is -2.57. The van der Waals surface area contributed by atoms with Crippen LogP contribution in [0.1, 0.15) is 85.5 Å².